The van der Waals surface area contributed by atoms with Gasteiger partial charge < -0.3 is 15.0 Å². The maximum atomic E-state index is 12.7. The number of hydrogen-bond acceptors (Lipinski definition) is 3. The zero-order chi connectivity index (χ0) is 17.8. The highest BCUT2D eigenvalue weighted by Gasteiger charge is 2.25. The van der Waals surface area contributed by atoms with E-state index in [1.165, 1.54) is 6.08 Å². The van der Waals surface area contributed by atoms with Gasteiger partial charge in [0.05, 0.1) is 13.5 Å². The molecule has 2 aromatic carbocycles. The van der Waals surface area contributed by atoms with Crippen LogP contribution in [-0.4, -0.2) is 25.5 Å². The molecule has 0 atom stereocenters. The SMILES string of the molecule is C=CC(=O)Nc1ccc2c(c1)N(C(=O)Cc1cccc(OC)c1)CC2. The Morgan fingerprint density at radius 3 is 2.88 bits per heavy atom. The standard InChI is InChI=1S/C20H20N2O3/c1-3-19(23)21-16-8-7-15-9-10-22(18(15)13-16)20(24)12-14-5-4-6-17(11-14)25-2/h3-8,11,13H,1,9-10,12H2,2H3,(H,21,23). The number of ether oxygens (including phenoxy) is 1. The number of anilines is 2. The first kappa shape index (κ1) is 16.8. The van der Waals surface area contributed by atoms with Gasteiger partial charge in [-0.3, -0.25) is 9.59 Å². The lowest BCUT2D eigenvalue weighted by Crippen LogP contribution is -2.30. The maximum absolute atomic E-state index is 12.7. The number of hydrogen-bond donors (Lipinski definition) is 1. The third kappa shape index (κ3) is 3.71. The molecule has 128 valence electrons. The van der Waals surface area contributed by atoms with E-state index in [-0.39, 0.29) is 11.8 Å². The molecule has 1 heterocycles. The first-order chi connectivity index (χ1) is 12.1. The van der Waals surface area contributed by atoms with Gasteiger partial charge in [0, 0.05) is 17.9 Å². The summed E-state index contributed by atoms with van der Waals surface area (Å²) in [7, 11) is 1.61. The number of rotatable bonds is 5. The molecule has 5 nitrogen and oxygen atoms in total. The van der Waals surface area contributed by atoms with Crippen LogP contribution in [0.25, 0.3) is 0 Å². The van der Waals surface area contributed by atoms with Crippen LogP contribution in [0.5, 0.6) is 5.75 Å². The van der Waals surface area contributed by atoms with Gasteiger partial charge >= 0.3 is 0 Å². The van der Waals surface area contributed by atoms with Crippen molar-refractivity contribution in [1.82, 2.24) is 0 Å². The molecule has 0 saturated heterocycles. The second-order valence-corrected chi connectivity index (χ2v) is 5.86. The van der Waals surface area contributed by atoms with Crippen LogP contribution in [0.4, 0.5) is 11.4 Å². The Bertz CT molecular complexity index is 829. The van der Waals surface area contributed by atoms with Gasteiger partial charge in [-0.15, -0.1) is 0 Å². The summed E-state index contributed by atoms with van der Waals surface area (Å²) >= 11 is 0. The Labute approximate surface area is 146 Å². The molecule has 0 aliphatic carbocycles. The normalized spacial score (nSPS) is 12.4. The van der Waals surface area contributed by atoms with Crippen LogP contribution in [0.2, 0.25) is 0 Å². The molecule has 0 aromatic heterocycles. The molecule has 1 N–H and O–H groups in total. The van der Waals surface area contributed by atoms with Crippen LogP contribution < -0.4 is 15.0 Å². The molecule has 0 saturated carbocycles. The summed E-state index contributed by atoms with van der Waals surface area (Å²) in [6.07, 6.45) is 2.34. The van der Waals surface area contributed by atoms with Crippen LogP contribution in [0.1, 0.15) is 11.1 Å². The van der Waals surface area contributed by atoms with E-state index in [1.54, 1.807) is 12.0 Å². The summed E-state index contributed by atoms with van der Waals surface area (Å²) in [6.45, 7) is 4.10. The summed E-state index contributed by atoms with van der Waals surface area (Å²) in [6, 6.07) is 13.2. The highest BCUT2D eigenvalue weighted by Crippen LogP contribution is 2.31. The van der Waals surface area contributed by atoms with Crippen molar-refractivity contribution in [1.29, 1.82) is 0 Å². The van der Waals surface area contributed by atoms with Gasteiger partial charge in [-0.2, -0.15) is 0 Å². The monoisotopic (exact) mass is 336 g/mol. The molecule has 0 fully saturated rings. The molecule has 1 aliphatic rings. The van der Waals surface area contributed by atoms with E-state index < -0.39 is 0 Å². The number of nitrogens with one attached hydrogen (secondary N) is 1. The Hall–Kier alpha value is -3.08. The lowest BCUT2D eigenvalue weighted by Gasteiger charge is -2.18. The van der Waals surface area contributed by atoms with Crippen molar-refractivity contribution in [3.63, 3.8) is 0 Å². The lowest BCUT2D eigenvalue weighted by molar-refractivity contribution is -0.118. The Kier molecular flexibility index (Phi) is 4.84. The van der Waals surface area contributed by atoms with Crippen LogP contribution in [-0.2, 0) is 22.4 Å². The number of benzene rings is 2. The molecule has 0 bridgehead atoms. The minimum absolute atomic E-state index is 0.0270. The number of carbonyl (C=O) groups is 2. The smallest absolute Gasteiger partial charge is 0.247 e. The molecule has 0 spiro atoms. The van der Waals surface area contributed by atoms with Crippen molar-refractivity contribution >= 4 is 23.2 Å². The fraction of sp³-hybridized carbons (Fsp3) is 0.200. The van der Waals surface area contributed by atoms with Gasteiger partial charge in [0.2, 0.25) is 11.8 Å². The van der Waals surface area contributed by atoms with E-state index in [1.807, 2.05) is 42.5 Å². The lowest BCUT2D eigenvalue weighted by atomic mass is 10.1. The summed E-state index contributed by atoms with van der Waals surface area (Å²) in [5.74, 6) is 0.493. The van der Waals surface area contributed by atoms with Crippen LogP contribution in [0.3, 0.4) is 0 Å². The minimum Gasteiger partial charge on any atom is -0.497 e. The van der Waals surface area contributed by atoms with Gasteiger partial charge in [0.1, 0.15) is 5.75 Å². The predicted octanol–water partition coefficient (Wildman–Crippen LogP) is 2.95. The van der Waals surface area contributed by atoms with E-state index in [4.69, 9.17) is 4.74 Å². The second kappa shape index (κ2) is 7.21. The first-order valence-electron chi connectivity index (χ1n) is 8.10. The Morgan fingerprint density at radius 2 is 2.12 bits per heavy atom. The molecule has 5 heteroatoms. The number of amides is 2. The van der Waals surface area contributed by atoms with E-state index in [9.17, 15) is 9.59 Å². The third-order valence-corrected chi connectivity index (χ3v) is 4.22. The number of nitrogens with zero attached hydrogens (tertiary/aromatic N) is 1. The molecule has 2 aromatic rings. The van der Waals surface area contributed by atoms with Crippen molar-refractivity contribution in [2.45, 2.75) is 12.8 Å². The first-order valence-corrected chi connectivity index (χ1v) is 8.10. The summed E-state index contributed by atoms with van der Waals surface area (Å²) in [5.41, 5.74) is 3.53. The number of fused-ring (bicyclic) bond motifs is 1. The quantitative estimate of drug-likeness (QED) is 0.854. The average molecular weight is 336 g/mol. The van der Waals surface area contributed by atoms with Crippen LogP contribution >= 0.6 is 0 Å². The maximum Gasteiger partial charge on any atom is 0.247 e. The highest BCUT2D eigenvalue weighted by molar-refractivity contribution is 6.01. The summed E-state index contributed by atoms with van der Waals surface area (Å²) in [4.78, 5) is 26.0. The molecule has 0 unspecified atom stereocenters. The van der Waals surface area contributed by atoms with Crippen molar-refractivity contribution < 1.29 is 14.3 Å². The van der Waals surface area contributed by atoms with Gasteiger partial charge in [0.15, 0.2) is 0 Å². The molecule has 0 radical (unpaired) electrons. The summed E-state index contributed by atoms with van der Waals surface area (Å²) < 4.78 is 5.21. The zero-order valence-electron chi connectivity index (χ0n) is 14.1. The zero-order valence-corrected chi connectivity index (χ0v) is 14.1. The third-order valence-electron chi connectivity index (χ3n) is 4.22. The average Bonchev–Trinajstić information content (AvgIpc) is 3.05. The number of methoxy groups -OCH3 is 1. The van der Waals surface area contributed by atoms with Crippen molar-refractivity contribution in [3.05, 3.63) is 66.2 Å². The van der Waals surface area contributed by atoms with E-state index in [2.05, 4.69) is 11.9 Å². The second-order valence-electron chi connectivity index (χ2n) is 5.86. The van der Waals surface area contributed by atoms with Crippen molar-refractivity contribution in [2.75, 3.05) is 23.9 Å². The molecular weight excluding hydrogens is 316 g/mol. The molecule has 1 aliphatic heterocycles. The van der Waals surface area contributed by atoms with Crippen molar-refractivity contribution in [3.8, 4) is 5.75 Å². The highest BCUT2D eigenvalue weighted by atomic mass is 16.5. The molecule has 2 amide bonds. The molecular formula is C20H20N2O3. The van der Waals surface area contributed by atoms with Gasteiger partial charge in [-0.1, -0.05) is 24.8 Å². The van der Waals surface area contributed by atoms with E-state index in [0.29, 0.717) is 18.7 Å². The van der Waals surface area contributed by atoms with Gasteiger partial charge in [-0.25, -0.2) is 0 Å². The van der Waals surface area contributed by atoms with Gasteiger partial charge in [0.25, 0.3) is 0 Å². The Morgan fingerprint density at radius 1 is 1.28 bits per heavy atom. The minimum atomic E-state index is -0.271. The predicted molar refractivity (Wildman–Crippen MR) is 98.0 cm³/mol. The molecule has 25 heavy (non-hydrogen) atoms. The summed E-state index contributed by atoms with van der Waals surface area (Å²) in [5, 5.41) is 2.73. The fourth-order valence-electron chi connectivity index (χ4n) is 2.96. The molecule has 3 rings (SSSR count). The number of carbonyl (C=O) groups excluding carboxylic acids is 2. The van der Waals surface area contributed by atoms with Gasteiger partial charge in [-0.05, 0) is 47.9 Å². The van der Waals surface area contributed by atoms with Crippen LogP contribution in [0, 0.1) is 0 Å². The largest absolute Gasteiger partial charge is 0.497 e. The van der Waals surface area contributed by atoms with Crippen molar-refractivity contribution in [2.24, 2.45) is 0 Å². The Balaban J connectivity index is 1.78. The topological polar surface area (TPSA) is 58.6 Å². The van der Waals surface area contributed by atoms with E-state index >= 15 is 0 Å². The van der Waals surface area contributed by atoms with E-state index in [0.717, 1.165) is 29.0 Å². The van der Waals surface area contributed by atoms with Crippen LogP contribution in [0.15, 0.2) is 55.1 Å². The fourth-order valence-corrected chi connectivity index (χ4v) is 2.96.